The number of alkyl halides is 3. The highest BCUT2D eigenvalue weighted by molar-refractivity contribution is 7.16. The molecule has 8 heteroatoms. The lowest BCUT2D eigenvalue weighted by molar-refractivity contribution is -0.139. The van der Waals surface area contributed by atoms with E-state index in [-0.39, 0.29) is 0 Å². The Morgan fingerprint density at radius 1 is 1.13 bits per heavy atom. The fourth-order valence-electron chi connectivity index (χ4n) is 2.74. The molecule has 0 radical (unpaired) electrons. The number of ether oxygens (including phenoxy) is 1. The quantitative estimate of drug-likeness (QED) is 0.512. The Kier molecular flexibility index (Phi) is 6.26. The number of carboxylic acid groups (broad SMARTS) is 1. The summed E-state index contributed by atoms with van der Waals surface area (Å²) in [4.78, 5) is 16.0. The second kappa shape index (κ2) is 8.71. The molecule has 0 atom stereocenters. The van der Waals surface area contributed by atoms with Gasteiger partial charge in [0.2, 0.25) is 0 Å². The molecular weight excluding hydrogens is 415 g/mol. The first-order valence-corrected chi connectivity index (χ1v) is 9.73. The summed E-state index contributed by atoms with van der Waals surface area (Å²) < 4.78 is 43.4. The fraction of sp³-hybridized carbons (Fsp3) is 0.182. The number of aryl methyl sites for hydroxylation is 2. The van der Waals surface area contributed by atoms with E-state index < -0.39 is 24.3 Å². The maximum Gasteiger partial charge on any atom is 0.416 e. The maximum atomic E-state index is 12.7. The molecule has 0 amide bonds. The first-order valence-electron chi connectivity index (χ1n) is 8.92. The van der Waals surface area contributed by atoms with E-state index in [0.29, 0.717) is 16.3 Å². The maximum absolute atomic E-state index is 12.7. The van der Waals surface area contributed by atoms with Gasteiger partial charge in [0.25, 0.3) is 0 Å². The number of aliphatic carboxylic acids is 1. The number of carboxylic acids is 1. The number of benzene rings is 2. The standard InChI is InChI=1S/C22H18F3NO3S/c1-13-11-15(3-9-18(13)29-12-20(27)28)4-10-19-14(2)26-21(30-19)16-5-7-17(8-6-16)22(23,24)25/h3-11H,12H2,1-2H3,(H,27,28). The number of nitrogens with zero attached hydrogens (tertiary/aromatic N) is 1. The van der Waals surface area contributed by atoms with E-state index in [9.17, 15) is 18.0 Å². The Hall–Kier alpha value is -3.13. The van der Waals surface area contributed by atoms with E-state index in [2.05, 4.69) is 4.98 Å². The van der Waals surface area contributed by atoms with Crippen molar-refractivity contribution in [1.29, 1.82) is 0 Å². The molecule has 0 fully saturated rings. The molecule has 1 aromatic heterocycles. The molecule has 30 heavy (non-hydrogen) atoms. The number of hydrogen-bond acceptors (Lipinski definition) is 4. The van der Waals surface area contributed by atoms with Crippen LogP contribution >= 0.6 is 11.3 Å². The summed E-state index contributed by atoms with van der Waals surface area (Å²) in [5.74, 6) is -0.531. The molecule has 0 saturated heterocycles. The summed E-state index contributed by atoms with van der Waals surface area (Å²) in [6.45, 7) is 3.27. The molecule has 0 unspecified atom stereocenters. The van der Waals surface area contributed by atoms with Crippen molar-refractivity contribution < 1.29 is 27.8 Å². The van der Waals surface area contributed by atoms with Gasteiger partial charge in [-0.05, 0) is 55.3 Å². The van der Waals surface area contributed by atoms with Gasteiger partial charge < -0.3 is 9.84 Å². The molecular formula is C22H18F3NO3S. The molecule has 0 aliphatic carbocycles. The van der Waals surface area contributed by atoms with Crippen LogP contribution < -0.4 is 4.74 Å². The minimum atomic E-state index is -4.36. The molecule has 156 valence electrons. The molecule has 0 spiro atoms. The highest BCUT2D eigenvalue weighted by atomic mass is 32.1. The number of rotatable bonds is 6. The molecule has 0 aliphatic heterocycles. The Morgan fingerprint density at radius 2 is 1.83 bits per heavy atom. The van der Waals surface area contributed by atoms with Crippen LogP contribution in [0.4, 0.5) is 13.2 Å². The average Bonchev–Trinajstić information content (AvgIpc) is 3.05. The number of hydrogen-bond donors (Lipinski definition) is 1. The summed E-state index contributed by atoms with van der Waals surface area (Å²) in [6, 6.07) is 10.4. The van der Waals surface area contributed by atoms with E-state index in [4.69, 9.17) is 9.84 Å². The van der Waals surface area contributed by atoms with Crippen molar-refractivity contribution in [2.24, 2.45) is 0 Å². The van der Waals surface area contributed by atoms with Crippen LogP contribution in [0.1, 0.15) is 27.3 Å². The van der Waals surface area contributed by atoms with Gasteiger partial charge in [-0.3, -0.25) is 0 Å². The first-order chi connectivity index (χ1) is 14.1. The van der Waals surface area contributed by atoms with Gasteiger partial charge in [0.15, 0.2) is 6.61 Å². The predicted molar refractivity (Wildman–Crippen MR) is 111 cm³/mol. The van der Waals surface area contributed by atoms with Crippen LogP contribution in [0.25, 0.3) is 22.7 Å². The largest absolute Gasteiger partial charge is 0.482 e. The van der Waals surface area contributed by atoms with E-state index in [1.54, 1.807) is 6.07 Å². The average molecular weight is 433 g/mol. The number of halogens is 3. The SMILES string of the molecule is Cc1cc(C=Cc2sc(-c3ccc(C(F)(F)F)cc3)nc2C)ccc1OCC(=O)O. The Bertz CT molecular complexity index is 1090. The highest BCUT2D eigenvalue weighted by Crippen LogP contribution is 2.33. The number of aromatic nitrogens is 1. The molecule has 1 N–H and O–H groups in total. The lowest BCUT2D eigenvalue weighted by atomic mass is 10.1. The summed E-state index contributed by atoms with van der Waals surface area (Å²) in [7, 11) is 0. The van der Waals surface area contributed by atoms with E-state index in [1.165, 1.54) is 23.5 Å². The lowest BCUT2D eigenvalue weighted by Crippen LogP contribution is -2.10. The Labute approximate surface area is 175 Å². The van der Waals surface area contributed by atoms with E-state index in [1.807, 2.05) is 38.1 Å². The monoisotopic (exact) mass is 433 g/mol. The second-order valence-electron chi connectivity index (χ2n) is 6.58. The normalized spacial score (nSPS) is 11.8. The summed E-state index contributed by atoms with van der Waals surface area (Å²) in [6.07, 6.45) is -0.574. The minimum absolute atomic E-state index is 0.400. The van der Waals surface area contributed by atoms with Gasteiger partial charge >= 0.3 is 12.1 Å². The first kappa shape index (κ1) is 21.6. The Morgan fingerprint density at radius 3 is 2.43 bits per heavy atom. The molecule has 0 aliphatic rings. The van der Waals surface area contributed by atoms with Crippen molar-refractivity contribution in [3.05, 3.63) is 69.7 Å². The molecule has 3 aromatic rings. The Balaban J connectivity index is 1.76. The number of thiazole rings is 1. The lowest BCUT2D eigenvalue weighted by Gasteiger charge is -2.07. The van der Waals surface area contributed by atoms with Gasteiger partial charge in [0.1, 0.15) is 10.8 Å². The summed E-state index contributed by atoms with van der Waals surface area (Å²) >= 11 is 1.39. The third kappa shape index (κ3) is 5.27. The second-order valence-corrected chi connectivity index (χ2v) is 7.62. The van der Waals surface area contributed by atoms with Gasteiger partial charge in [-0.25, -0.2) is 9.78 Å². The molecule has 0 bridgehead atoms. The van der Waals surface area contributed by atoms with Crippen molar-refractivity contribution in [3.63, 3.8) is 0 Å². The fourth-order valence-corrected chi connectivity index (χ4v) is 3.71. The van der Waals surface area contributed by atoms with Crippen LogP contribution in [0.15, 0.2) is 42.5 Å². The van der Waals surface area contributed by atoms with E-state index >= 15 is 0 Å². The van der Waals surface area contributed by atoms with Crippen LogP contribution in [0, 0.1) is 13.8 Å². The summed E-state index contributed by atoms with van der Waals surface area (Å²) in [5.41, 5.74) is 2.44. The zero-order chi connectivity index (χ0) is 21.9. The van der Waals surface area contributed by atoms with Crippen molar-refractivity contribution in [1.82, 2.24) is 4.98 Å². The highest BCUT2D eigenvalue weighted by Gasteiger charge is 2.30. The van der Waals surface area contributed by atoms with Crippen molar-refractivity contribution in [2.75, 3.05) is 6.61 Å². The van der Waals surface area contributed by atoms with Crippen molar-refractivity contribution >= 4 is 29.5 Å². The molecule has 3 rings (SSSR count). The topological polar surface area (TPSA) is 59.4 Å². The molecule has 4 nitrogen and oxygen atoms in total. The van der Waals surface area contributed by atoms with E-state index in [0.717, 1.165) is 33.8 Å². The third-order valence-corrected chi connectivity index (χ3v) is 5.44. The minimum Gasteiger partial charge on any atom is -0.482 e. The van der Waals surface area contributed by atoms with Crippen LogP contribution in [0.2, 0.25) is 0 Å². The van der Waals surface area contributed by atoms with Crippen molar-refractivity contribution in [2.45, 2.75) is 20.0 Å². The van der Waals surface area contributed by atoms with Gasteiger partial charge in [0, 0.05) is 5.56 Å². The van der Waals surface area contributed by atoms with Crippen LogP contribution in [-0.4, -0.2) is 22.7 Å². The molecule has 1 heterocycles. The van der Waals surface area contributed by atoms with Crippen LogP contribution in [-0.2, 0) is 11.0 Å². The molecule has 2 aromatic carbocycles. The zero-order valence-corrected chi connectivity index (χ0v) is 17.0. The van der Waals surface area contributed by atoms with Crippen molar-refractivity contribution in [3.8, 4) is 16.3 Å². The summed E-state index contributed by atoms with van der Waals surface area (Å²) in [5, 5.41) is 9.35. The third-order valence-electron chi connectivity index (χ3n) is 4.27. The van der Waals surface area contributed by atoms with Crippen LogP contribution in [0.3, 0.4) is 0 Å². The van der Waals surface area contributed by atoms with Gasteiger partial charge in [-0.2, -0.15) is 13.2 Å². The molecule has 0 saturated carbocycles. The zero-order valence-electron chi connectivity index (χ0n) is 16.2. The van der Waals surface area contributed by atoms with Gasteiger partial charge in [-0.15, -0.1) is 11.3 Å². The smallest absolute Gasteiger partial charge is 0.416 e. The predicted octanol–water partition coefficient (Wildman–Crippen LogP) is 6.08. The van der Waals surface area contributed by atoms with Crippen LogP contribution in [0.5, 0.6) is 5.75 Å². The van der Waals surface area contributed by atoms with Gasteiger partial charge in [0.05, 0.1) is 16.1 Å². The number of carbonyl (C=O) groups is 1. The van der Waals surface area contributed by atoms with Gasteiger partial charge in [-0.1, -0.05) is 24.3 Å².